The number of halogens is 3. The molecule has 0 aliphatic heterocycles. The average Bonchev–Trinajstić information content (AvgIpc) is 2.33. The van der Waals surface area contributed by atoms with Gasteiger partial charge in [0.2, 0.25) is 0 Å². The van der Waals surface area contributed by atoms with E-state index in [1.807, 2.05) is 0 Å². The Labute approximate surface area is 103 Å². The quantitative estimate of drug-likeness (QED) is 0.802. The lowest BCUT2D eigenvalue weighted by molar-refractivity contribution is -0.325. The zero-order valence-corrected chi connectivity index (χ0v) is 9.91. The van der Waals surface area contributed by atoms with Gasteiger partial charge in [-0.15, -0.1) is 13.2 Å². The minimum absolute atomic E-state index is 0.229. The van der Waals surface area contributed by atoms with Gasteiger partial charge in [-0.1, -0.05) is 25.1 Å². The van der Waals surface area contributed by atoms with Crippen molar-refractivity contribution in [1.82, 2.24) is 0 Å². The normalized spacial score (nSPS) is 13.4. The maximum atomic E-state index is 11.7. The van der Waals surface area contributed by atoms with E-state index in [0.29, 0.717) is 17.7 Å². The zero-order valence-electron chi connectivity index (χ0n) is 9.91. The predicted octanol–water partition coefficient (Wildman–Crippen LogP) is 3.05. The Morgan fingerprint density at radius 2 is 1.89 bits per heavy atom. The van der Waals surface area contributed by atoms with Crippen LogP contribution in [0, 0.1) is 0 Å². The molecule has 0 amide bonds. The Morgan fingerprint density at radius 1 is 1.22 bits per heavy atom. The van der Waals surface area contributed by atoms with Gasteiger partial charge in [0.05, 0.1) is 12.7 Å². The molecular weight excluding hydrogens is 249 g/mol. The van der Waals surface area contributed by atoms with Crippen LogP contribution in [0.15, 0.2) is 24.3 Å². The van der Waals surface area contributed by atoms with Crippen LogP contribution >= 0.6 is 0 Å². The molecular formula is C12H15F3O3. The minimum atomic E-state index is -4.65. The number of para-hydroxylation sites is 1. The molecule has 0 saturated heterocycles. The summed E-state index contributed by atoms with van der Waals surface area (Å²) in [6.45, 7) is 0.987. The Hall–Kier alpha value is -1.27. The largest absolute Gasteiger partial charge is 0.522 e. The summed E-state index contributed by atoms with van der Waals surface area (Å²) < 4.78 is 43.9. The number of ether oxygens (including phenoxy) is 2. The summed E-state index contributed by atoms with van der Waals surface area (Å²) in [5, 5.41) is 9.70. The number of rotatable bonds is 6. The molecule has 0 saturated carbocycles. The van der Waals surface area contributed by atoms with Gasteiger partial charge >= 0.3 is 6.36 Å². The van der Waals surface area contributed by atoms with Crippen LogP contribution in [-0.4, -0.2) is 24.7 Å². The minimum Gasteiger partial charge on any atom is -0.491 e. The maximum absolute atomic E-state index is 11.7. The van der Waals surface area contributed by atoms with Gasteiger partial charge in [0.25, 0.3) is 0 Å². The number of benzene rings is 1. The molecule has 0 bridgehead atoms. The molecule has 1 aromatic rings. The van der Waals surface area contributed by atoms with E-state index in [1.165, 1.54) is 0 Å². The first-order valence-electron chi connectivity index (χ1n) is 5.54. The molecule has 102 valence electrons. The summed E-state index contributed by atoms with van der Waals surface area (Å²) in [5.41, 5.74) is 0.562. The second-order valence-corrected chi connectivity index (χ2v) is 3.60. The van der Waals surface area contributed by atoms with E-state index < -0.39 is 19.1 Å². The van der Waals surface area contributed by atoms with Crippen LogP contribution in [0.2, 0.25) is 0 Å². The molecule has 1 N–H and O–H groups in total. The third-order valence-electron chi connectivity index (χ3n) is 2.27. The van der Waals surface area contributed by atoms with Crippen molar-refractivity contribution in [2.24, 2.45) is 0 Å². The fraction of sp³-hybridized carbons (Fsp3) is 0.500. The van der Waals surface area contributed by atoms with Crippen molar-refractivity contribution >= 4 is 0 Å². The summed E-state index contributed by atoms with van der Waals surface area (Å²) in [6, 6.07) is 6.69. The molecule has 0 aromatic heterocycles. The molecule has 0 spiro atoms. The van der Waals surface area contributed by atoms with Crippen LogP contribution in [0.1, 0.15) is 25.0 Å². The van der Waals surface area contributed by atoms with Gasteiger partial charge in [-0.05, 0) is 12.5 Å². The number of alkyl halides is 3. The van der Waals surface area contributed by atoms with Crippen molar-refractivity contribution in [1.29, 1.82) is 0 Å². The van der Waals surface area contributed by atoms with E-state index in [2.05, 4.69) is 4.74 Å². The van der Waals surface area contributed by atoms with Crippen LogP contribution in [0.3, 0.4) is 0 Å². The molecule has 0 heterocycles. The third kappa shape index (κ3) is 4.93. The van der Waals surface area contributed by atoms with E-state index >= 15 is 0 Å². The molecule has 1 atom stereocenters. The lowest BCUT2D eigenvalue weighted by Crippen LogP contribution is -2.18. The highest BCUT2D eigenvalue weighted by molar-refractivity contribution is 5.34. The smallest absolute Gasteiger partial charge is 0.491 e. The van der Waals surface area contributed by atoms with Gasteiger partial charge in [-0.2, -0.15) is 0 Å². The molecule has 0 aliphatic rings. The highest BCUT2D eigenvalue weighted by Gasteiger charge is 2.28. The van der Waals surface area contributed by atoms with Crippen LogP contribution < -0.4 is 4.74 Å². The topological polar surface area (TPSA) is 38.7 Å². The summed E-state index contributed by atoms with van der Waals surface area (Å²) in [4.78, 5) is 0. The lowest BCUT2D eigenvalue weighted by atomic mass is 10.1. The standard InChI is InChI=1S/C12H15F3O3/c1-2-10(16)9-5-3-4-6-11(9)17-7-8-18-12(13,14)15/h3-6,10,16H,2,7-8H2,1H3. The molecule has 1 unspecified atom stereocenters. The number of aliphatic hydroxyl groups is 1. The van der Waals surface area contributed by atoms with E-state index in [9.17, 15) is 18.3 Å². The van der Waals surface area contributed by atoms with Gasteiger partial charge in [-0.3, -0.25) is 4.74 Å². The monoisotopic (exact) mass is 264 g/mol. The zero-order chi connectivity index (χ0) is 13.6. The molecule has 18 heavy (non-hydrogen) atoms. The van der Waals surface area contributed by atoms with E-state index in [1.54, 1.807) is 31.2 Å². The fourth-order valence-corrected chi connectivity index (χ4v) is 1.42. The second-order valence-electron chi connectivity index (χ2n) is 3.60. The van der Waals surface area contributed by atoms with Crippen LogP contribution in [0.4, 0.5) is 13.2 Å². The molecule has 6 heteroatoms. The number of hydrogen-bond donors (Lipinski definition) is 1. The lowest BCUT2D eigenvalue weighted by Gasteiger charge is -2.15. The van der Waals surface area contributed by atoms with Gasteiger partial charge in [0, 0.05) is 5.56 Å². The molecule has 0 radical (unpaired) electrons. The highest BCUT2D eigenvalue weighted by Crippen LogP contribution is 2.26. The summed E-state index contributed by atoms with van der Waals surface area (Å²) in [6.07, 6.45) is -4.84. The SMILES string of the molecule is CCC(O)c1ccccc1OCCOC(F)(F)F. The molecule has 1 rings (SSSR count). The first-order chi connectivity index (χ1) is 8.44. The fourth-order valence-electron chi connectivity index (χ4n) is 1.42. The molecule has 3 nitrogen and oxygen atoms in total. The second kappa shape index (κ2) is 6.61. The molecule has 0 aliphatic carbocycles. The van der Waals surface area contributed by atoms with E-state index in [0.717, 1.165) is 0 Å². The van der Waals surface area contributed by atoms with Gasteiger partial charge in [-0.25, -0.2) is 0 Å². The first kappa shape index (κ1) is 14.8. The Balaban J connectivity index is 2.52. The van der Waals surface area contributed by atoms with Crippen molar-refractivity contribution in [2.75, 3.05) is 13.2 Å². The van der Waals surface area contributed by atoms with E-state index in [4.69, 9.17) is 4.74 Å². The average molecular weight is 264 g/mol. The number of aliphatic hydroxyl groups excluding tert-OH is 1. The Kier molecular flexibility index (Phi) is 5.43. The summed E-state index contributed by atoms with van der Waals surface area (Å²) in [5.74, 6) is 0.373. The molecule has 1 aromatic carbocycles. The maximum Gasteiger partial charge on any atom is 0.522 e. The Morgan fingerprint density at radius 3 is 2.50 bits per heavy atom. The van der Waals surface area contributed by atoms with Gasteiger partial charge < -0.3 is 9.84 Å². The number of hydrogen-bond acceptors (Lipinski definition) is 3. The van der Waals surface area contributed by atoms with Gasteiger partial charge in [0.1, 0.15) is 12.4 Å². The van der Waals surface area contributed by atoms with Crippen LogP contribution in [0.5, 0.6) is 5.75 Å². The third-order valence-corrected chi connectivity index (χ3v) is 2.27. The van der Waals surface area contributed by atoms with Crippen LogP contribution in [-0.2, 0) is 4.74 Å². The van der Waals surface area contributed by atoms with Crippen molar-refractivity contribution in [2.45, 2.75) is 25.8 Å². The highest BCUT2D eigenvalue weighted by atomic mass is 19.4. The summed E-state index contributed by atoms with van der Waals surface area (Å²) >= 11 is 0. The summed E-state index contributed by atoms with van der Waals surface area (Å²) in [7, 11) is 0. The predicted molar refractivity (Wildman–Crippen MR) is 59.2 cm³/mol. The van der Waals surface area contributed by atoms with Crippen molar-refractivity contribution < 1.29 is 27.8 Å². The van der Waals surface area contributed by atoms with Crippen molar-refractivity contribution in [3.8, 4) is 5.75 Å². The Bertz CT molecular complexity index is 366. The van der Waals surface area contributed by atoms with Crippen molar-refractivity contribution in [3.63, 3.8) is 0 Å². The van der Waals surface area contributed by atoms with Gasteiger partial charge in [0.15, 0.2) is 0 Å². The molecule has 0 fully saturated rings. The van der Waals surface area contributed by atoms with Crippen molar-refractivity contribution in [3.05, 3.63) is 29.8 Å². The first-order valence-corrected chi connectivity index (χ1v) is 5.54. The van der Waals surface area contributed by atoms with E-state index in [-0.39, 0.29) is 6.61 Å². The van der Waals surface area contributed by atoms with Crippen LogP contribution in [0.25, 0.3) is 0 Å².